The van der Waals surface area contributed by atoms with Crippen molar-refractivity contribution in [1.82, 2.24) is 5.32 Å². The van der Waals surface area contributed by atoms with Crippen LogP contribution in [-0.4, -0.2) is 25.4 Å². The quantitative estimate of drug-likeness (QED) is 0.858. The summed E-state index contributed by atoms with van der Waals surface area (Å²) in [6.45, 7) is 5.16. The molecule has 0 bridgehead atoms. The first kappa shape index (κ1) is 13.2. The number of nitrogens with one attached hydrogen (secondary N) is 1. The molecule has 19 heavy (non-hydrogen) atoms. The minimum absolute atomic E-state index is 0.344. The average Bonchev–Trinajstić information content (AvgIpc) is 3.19. The van der Waals surface area contributed by atoms with Gasteiger partial charge in [-0.2, -0.15) is 0 Å². The predicted octanol–water partition coefficient (Wildman–Crippen LogP) is 2.54. The van der Waals surface area contributed by atoms with E-state index >= 15 is 0 Å². The highest BCUT2D eigenvalue weighted by atomic mass is 16.5. The monoisotopic (exact) mass is 265 g/mol. The van der Waals surface area contributed by atoms with Gasteiger partial charge in [-0.25, -0.2) is 0 Å². The first-order chi connectivity index (χ1) is 9.31. The van der Waals surface area contributed by atoms with E-state index in [9.17, 15) is 0 Å². The molecule has 4 heteroatoms. The molecule has 1 aromatic rings. The summed E-state index contributed by atoms with van der Waals surface area (Å²) in [5.41, 5.74) is 1.18. The second-order valence-electron chi connectivity index (χ2n) is 5.57. The molecule has 4 nitrogen and oxygen atoms in total. The molecule has 1 saturated carbocycles. The van der Waals surface area contributed by atoms with Crippen LogP contribution < -0.4 is 5.32 Å². The number of furan rings is 1. The molecule has 0 spiro atoms. The lowest BCUT2D eigenvalue weighted by Crippen LogP contribution is -2.23. The Bertz CT molecular complexity index is 406. The summed E-state index contributed by atoms with van der Waals surface area (Å²) in [5, 5.41) is 3.47. The largest absolute Gasteiger partial charge is 0.465 e. The second-order valence-corrected chi connectivity index (χ2v) is 5.57. The van der Waals surface area contributed by atoms with Crippen LogP contribution in [0.4, 0.5) is 0 Å². The van der Waals surface area contributed by atoms with E-state index in [2.05, 4.69) is 11.4 Å². The minimum Gasteiger partial charge on any atom is -0.465 e. The van der Waals surface area contributed by atoms with Crippen molar-refractivity contribution >= 4 is 0 Å². The summed E-state index contributed by atoms with van der Waals surface area (Å²) in [4.78, 5) is 0. The molecule has 0 unspecified atom stereocenters. The molecule has 0 amide bonds. The summed E-state index contributed by atoms with van der Waals surface area (Å²) < 4.78 is 17.0. The number of rotatable bonds is 6. The predicted molar refractivity (Wildman–Crippen MR) is 71.9 cm³/mol. The van der Waals surface area contributed by atoms with Crippen molar-refractivity contribution in [1.29, 1.82) is 0 Å². The molecule has 1 N–H and O–H groups in total. The zero-order chi connectivity index (χ0) is 13.1. The standard InChI is InChI=1S/C15H23NO3/c1-11-12(10-18-14-4-6-17-7-5-14)8-15(19-11)9-16-13-2-3-13/h8,13-14,16H,2-7,9-10H2,1H3. The molecule has 1 saturated heterocycles. The third kappa shape index (κ3) is 3.81. The third-order valence-electron chi connectivity index (χ3n) is 3.86. The van der Waals surface area contributed by atoms with Gasteiger partial charge in [0.2, 0.25) is 0 Å². The molecule has 1 aliphatic carbocycles. The Morgan fingerprint density at radius 1 is 1.26 bits per heavy atom. The molecule has 2 fully saturated rings. The van der Waals surface area contributed by atoms with Crippen LogP contribution in [0, 0.1) is 6.92 Å². The summed E-state index contributed by atoms with van der Waals surface area (Å²) in [6, 6.07) is 2.84. The van der Waals surface area contributed by atoms with Crippen molar-refractivity contribution < 1.29 is 13.9 Å². The van der Waals surface area contributed by atoms with E-state index in [1.807, 2.05) is 6.92 Å². The molecule has 2 heterocycles. The van der Waals surface area contributed by atoms with Gasteiger partial charge in [-0.15, -0.1) is 0 Å². The van der Waals surface area contributed by atoms with Crippen molar-refractivity contribution in [2.24, 2.45) is 0 Å². The maximum atomic E-state index is 5.94. The van der Waals surface area contributed by atoms with Gasteiger partial charge in [-0.1, -0.05) is 0 Å². The SMILES string of the molecule is Cc1oc(CNC2CC2)cc1COC1CCOCC1. The molecule has 0 aromatic carbocycles. The highest BCUT2D eigenvalue weighted by Crippen LogP contribution is 2.22. The molecule has 0 atom stereocenters. The number of ether oxygens (including phenoxy) is 2. The van der Waals surface area contributed by atoms with E-state index in [0.717, 1.165) is 44.1 Å². The van der Waals surface area contributed by atoms with Crippen LogP contribution >= 0.6 is 0 Å². The van der Waals surface area contributed by atoms with Crippen LogP contribution in [0.1, 0.15) is 42.8 Å². The number of hydrogen-bond donors (Lipinski definition) is 1. The maximum Gasteiger partial charge on any atom is 0.118 e. The molecule has 106 valence electrons. The molecular weight excluding hydrogens is 242 g/mol. The molecule has 0 radical (unpaired) electrons. The number of aryl methyl sites for hydroxylation is 1. The first-order valence-electron chi connectivity index (χ1n) is 7.32. The Hall–Kier alpha value is -0.840. The smallest absolute Gasteiger partial charge is 0.118 e. The van der Waals surface area contributed by atoms with E-state index in [4.69, 9.17) is 13.9 Å². The van der Waals surface area contributed by atoms with Crippen LogP contribution in [0.25, 0.3) is 0 Å². The van der Waals surface area contributed by atoms with Crippen LogP contribution in [0.5, 0.6) is 0 Å². The van der Waals surface area contributed by atoms with E-state index in [1.54, 1.807) is 0 Å². The van der Waals surface area contributed by atoms with E-state index in [1.165, 1.54) is 18.4 Å². The van der Waals surface area contributed by atoms with Gasteiger partial charge < -0.3 is 19.2 Å². The van der Waals surface area contributed by atoms with Gasteiger partial charge in [0, 0.05) is 24.8 Å². The summed E-state index contributed by atoms with van der Waals surface area (Å²) in [7, 11) is 0. The molecule has 1 aliphatic heterocycles. The lowest BCUT2D eigenvalue weighted by molar-refractivity contribution is -0.0393. The normalized spacial score (nSPS) is 20.9. The van der Waals surface area contributed by atoms with Crippen LogP contribution in [0.3, 0.4) is 0 Å². The lowest BCUT2D eigenvalue weighted by Gasteiger charge is -2.22. The second kappa shape index (κ2) is 6.07. The van der Waals surface area contributed by atoms with E-state index in [-0.39, 0.29) is 0 Å². The zero-order valence-corrected chi connectivity index (χ0v) is 11.6. The van der Waals surface area contributed by atoms with Gasteiger partial charge in [0.15, 0.2) is 0 Å². The first-order valence-corrected chi connectivity index (χ1v) is 7.32. The Balaban J connectivity index is 1.48. The number of hydrogen-bond acceptors (Lipinski definition) is 4. The molecular formula is C15H23NO3. The van der Waals surface area contributed by atoms with Gasteiger partial charge in [-0.3, -0.25) is 0 Å². The fourth-order valence-corrected chi connectivity index (χ4v) is 2.40. The van der Waals surface area contributed by atoms with Crippen LogP contribution in [0.15, 0.2) is 10.5 Å². The van der Waals surface area contributed by atoms with Crippen molar-refractivity contribution in [3.63, 3.8) is 0 Å². The Kier molecular flexibility index (Phi) is 4.21. The van der Waals surface area contributed by atoms with E-state index < -0.39 is 0 Å². The maximum absolute atomic E-state index is 5.94. The Morgan fingerprint density at radius 2 is 2.05 bits per heavy atom. The summed E-state index contributed by atoms with van der Waals surface area (Å²) >= 11 is 0. The van der Waals surface area contributed by atoms with E-state index in [0.29, 0.717) is 18.8 Å². The van der Waals surface area contributed by atoms with Gasteiger partial charge in [0.25, 0.3) is 0 Å². The Morgan fingerprint density at radius 3 is 2.79 bits per heavy atom. The fourth-order valence-electron chi connectivity index (χ4n) is 2.40. The van der Waals surface area contributed by atoms with Crippen molar-refractivity contribution in [2.75, 3.05) is 13.2 Å². The molecule has 3 rings (SSSR count). The topological polar surface area (TPSA) is 43.6 Å². The summed E-state index contributed by atoms with van der Waals surface area (Å²) in [6.07, 6.45) is 4.97. The lowest BCUT2D eigenvalue weighted by atomic mass is 10.1. The summed E-state index contributed by atoms with van der Waals surface area (Å²) in [5.74, 6) is 2.01. The van der Waals surface area contributed by atoms with Crippen LogP contribution in [0.2, 0.25) is 0 Å². The van der Waals surface area contributed by atoms with Gasteiger partial charge >= 0.3 is 0 Å². The molecule has 1 aromatic heterocycles. The Labute approximate surface area is 114 Å². The van der Waals surface area contributed by atoms with Gasteiger partial charge in [0.05, 0.1) is 19.3 Å². The van der Waals surface area contributed by atoms with Gasteiger partial charge in [0.1, 0.15) is 11.5 Å². The average molecular weight is 265 g/mol. The molecule has 2 aliphatic rings. The van der Waals surface area contributed by atoms with Crippen molar-refractivity contribution in [3.8, 4) is 0 Å². The van der Waals surface area contributed by atoms with Crippen LogP contribution in [-0.2, 0) is 22.6 Å². The van der Waals surface area contributed by atoms with Gasteiger partial charge in [-0.05, 0) is 38.7 Å². The highest BCUT2D eigenvalue weighted by molar-refractivity contribution is 5.20. The third-order valence-corrected chi connectivity index (χ3v) is 3.86. The fraction of sp³-hybridized carbons (Fsp3) is 0.733. The van der Waals surface area contributed by atoms with Crippen molar-refractivity contribution in [2.45, 2.75) is 57.9 Å². The minimum atomic E-state index is 0.344. The highest BCUT2D eigenvalue weighted by Gasteiger charge is 2.21. The van der Waals surface area contributed by atoms with Crippen molar-refractivity contribution in [3.05, 3.63) is 23.2 Å². The zero-order valence-electron chi connectivity index (χ0n) is 11.6.